The van der Waals surface area contributed by atoms with Gasteiger partial charge < -0.3 is 15.5 Å². The van der Waals surface area contributed by atoms with Crippen molar-refractivity contribution in [2.75, 3.05) is 56.4 Å². The number of carbonyl (C=O) groups excluding carboxylic acids is 2. The van der Waals surface area contributed by atoms with E-state index < -0.39 is 0 Å². The van der Waals surface area contributed by atoms with E-state index in [9.17, 15) is 9.59 Å². The molecule has 2 N–H and O–H groups in total. The van der Waals surface area contributed by atoms with Gasteiger partial charge in [-0.05, 0) is 24.5 Å². The van der Waals surface area contributed by atoms with E-state index >= 15 is 0 Å². The number of aromatic nitrogens is 1. The fourth-order valence-electron chi connectivity index (χ4n) is 4.92. The van der Waals surface area contributed by atoms with Crippen LogP contribution in [0.15, 0.2) is 42.6 Å². The summed E-state index contributed by atoms with van der Waals surface area (Å²) in [6, 6.07) is 12.9. The Bertz CT molecular complexity index is 966. The smallest absolute Gasteiger partial charge is 0.255 e. The topological polar surface area (TPSA) is 80.8 Å². The number of rotatable bonds is 4. The van der Waals surface area contributed by atoms with Gasteiger partial charge in [-0.3, -0.25) is 19.4 Å². The van der Waals surface area contributed by atoms with Gasteiger partial charge in [-0.15, -0.1) is 0 Å². The van der Waals surface area contributed by atoms with Crippen molar-refractivity contribution < 1.29 is 9.59 Å². The van der Waals surface area contributed by atoms with Gasteiger partial charge in [0.2, 0.25) is 5.91 Å². The van der Waals surface area contributed by atoms with Crippen molar-refractivity contribution in [2.24, 2.45) is 0 Å². The van der Waals surface area contributed by atoms with Gasteiger partial charge in [-0.2, -0.15) is 0 Å². The zero-order chi connectivity index (χ0) is 21.9. The van der Waals surface area contributed by atoms with Crippen molar-refractivity contribution in [3.05, 3.63) is 53.7 Å². The summed E-state index contributed by atoms with van der Waals surface area (Å²) in [6.07, 6.45) is 3.60. The highest BCUT2D eigenvalue weighted by Gasteiger charge is 2.30. The molecule has 3 aliphatic rings. The highest BCUT2D eigenvalue weighted by molar-refractivity contribution is 6.02. The van der Waals surface area contributed by atoms with E-state index in [-0.39, 0.29) is 18.4 Å². The van der Waals surface area contributed by atoms with Crippen LogP contribution < -0.4 is 10.6 Å². The maximum Gasteiger partial charge on any atom is 0.255 e. The number of fused-ring (bicyclic) bond motifs is 1. The van der Waals surface area contributed by atoms with Gasteiger partial charge in [0, 0.05) is 58.1 Å². The van der Waals surface area contributed by atoms with E-state index in [1.165, 1.54) is 5.56 Å². The molecule has 0 radical (unpaired) electrons. The Morgan fingerprint density at radius 2 is 1.78 bits per heavy atom. The minimum Gasteiger partial charge on any atom is -0.359 e. The van der Waals surface area contributed by atoms with Crippen LogP contribution in [0.3, 0.4) is 0 Å². The van der Waals surface area contributed by atoms with Crippen molar-refractivity contribution in [1.82, 2.24) is 19.7 Å². The molecule has 0 spiro atoms. The van der Waals surface area contributed by atoms with Gasteiger partial charge >= 0.3 is 0 Å². The van der Waals surface area contributed by atoms with Crippen LogP contribution >= 0.6 is 0 Å². The molecule has 8 heteroatoms. The molecule has 3 aliphatic heterocycles. The summed E-state index contributed by atoms with van der Waals surface area (Å²) < 4.78 is 0. The summed E-state index contributed by atoms with van der Waals surface area (Å²) in [4.78, 5) is 36.0. The number of anilines is 2. The number of piperidine rings is 1. The van der Waals surface area contributed by atoms with E-state index in [0.29, 0.717) is 23.1 Å². The monoisotopic (exact) mass is 434 g/mol. The highest BCUT2D eigenvalue weighted by Crippen LogP contribution is 2.25. The molecule has 2 saturated heterocycles. The number of carbonyl (C=O) groups is 2. The molecule has 0 atom stereocenters. The molecule has 8 nitrogen and oxygen atoms in total. The first-order chi connectivity index (χ1) is 15.7. The Labute approximate surface area is 188 Å². The maximum atomic E-state index is 13.0. The number of piperazine rings is 1. The molecule has 1 aromatic carbocycles. The molecule has 2 fully saturated rings. The number of likely N-dealkylation sites (tertiary alicyclic amines) is 1. The van der Waals surface area contributed by atoms with Gasteiger partial charge in [-0.1, -0.05) is 30.3 Å². The van der Waals surface area contributed by atoms with Gasteiger partial charge in [0.25, 0.3) is 5.91 Å². The summed E-state index contributed by atoms with van der Waals surface area (Å²) in [6.45, 7) is 7.11. The molecule has 5 rings (SSSR count). The summed E-state index contributed by atoms with van der Waals surface area (Å²) in [7, 11) is 0. The van der Waals surface area contributed by atoms with E-state index in [0.717, 1.165) is 58.7 Å². The van der Waals surface area contributed by atoms with Crippen LogP contribution in [-0.2, 0) is 11.3 Å². The van der Waals surface area contributed by atoms with E-state index in [4.69, 9.17) is 0 Å². The molecule has 0 saturated carbocycles. The van der Waals surface area contributed by atoms with Crippen molar-refractivity contribution >= 4 is 23.3 Å². The average molecular weight is 435 g/mol. The normalized spacial score (nSPS) is 20.4. The van der Waals surface area contributed by atoms with Crippen molar-refractivity contribution in [1.29, 1.82) is 0 Å². The van der Waals surface area contributed by atoms with E-state index in [1.54, 1.807) is 12.3 Å². The van der Waals surface area contributed by atoms with Crippen LogP contribution in [0.5, 0.6) is 0 Å². The minimum atomic E-state index is -0.117. The summed E-state index contributed by atoms with van der Waals surface area (Å²) in [5, 5.41) is 5.74. The van der Waals surface area contributed by atoms with E-state index in [1.807, 2.05) is 4.90 Å². The van der Waals surface area contributed by atoms with Gasteiger partial charge in [0.15, 0.2) is 0 Å². The van der Waals surface area contributed by atoms with Crippen LogP contribution in [0.25, 0.3) is 0 Å². The Morgan fingerprint density at radius 3 is 2.53 bits per heavy atom. The molecule has 2 amide bonds. The zero-order valence-corrected chi connectivity index (χ0v) is 18.3. The Morgan fingerprint density at radius 1 is 1.03 bits per heavy atom. The molecule has 0 unspecified atom stereocenters. The van der Waals surface area contributed by atoms with Gasteiger partial charge in [0.1, 0.15) is 5.82 Å². The lowest BCUT2D eigenvalue weighted by atomic mass is 10.0. The first-order valence-corrected chi connectivity index (χ1v) is 11.5. The quantitative estimate of drug-likeness (QED) is 0.765. The SMILES string of the molecule is O=C1CNc2ncc(C(=O)N3CCC(N4CCN(Cc5ccccc5)CC4)CC3)cc2N1. The van der Waals surface area contributed by atoms with Crippen molar-refractivity contribution in [3.63, 3.8) is 0 Å². The lowest BCUT2D eigenvalue weighted by Crippen LogP contribution is -2.53. The number of amides is 2. The highest BCUT2D eigenvalue weighted by atomic mass is 16.2. The van der Waals surface area contributed by atoms with Crippen LogP contribution in [0.4, 0.5) is 11.5 Å². The number of pyridine rings is 1. The predicted octanol–water partition coefficient (Wildman–Crippen LogP) is 1.87. The van der Waals surface area contributed by atoms with Crippen LogP contribution in [-0.4, -0.2) is 83.4 Å². The summed E-state index contributed by atoms with van der Waals surface area (Å²) in [5.74, 6) is 0.492. The Kier molecular flexibility index (Phi) is 6.05. The summed E-state index contributed by atoms with van der Waals surface area (Å²) in [5.41, 5.74) is 2.48. The fourth-order valence-corrected chi connectivity index (χ4v) is 4.92. The first kappa shape index (κ1) is 20.9. The minimum absolute atomic E-state index is 0.00810. The third-order valence-corrected chi connectivity index (χ3v) is 6.75. The fraction of sp³-hybridized carbons (Fsp3) is 0.458. The van der Waals surface area contributed by atoms with Gasteiger partial charge in [0.05, 0.1) is 17.8 Å². The molecular weight excluding hydrogens is 404 g/mol. The van der Waals surface area contributed by atoms with Crippen LogP contribution in [0, 0.1) is 0 Å². The zero-order valence-electron chi connectivity index (χ0n) is 18.3. The standard InChI is InChI=1S/C24H30N6O2/c31-22-16-26-23-21(27-22)14-19(15-25-23)24(32)30-8-6-20(7-9-30)29-12-10-28(11-13-29)17-18-4-2-1-3-5-18/h1-5,14-15,20H,6-13,16-17H2,(H,25,26)(H,27,31). The molecular formula is C24H30N6O2. The first-order valence-electron chi connectivity index (χ1n) is 11.5. The molecule has 0 bridgehead atoms. The number of benzene rings is 1. The Balaban J connectivity index is 1.11. The number of hydrogen-bond acceptors (Lipinski definition) is 6. The molecule has 1 aromatic heterocycles. The second-order valence-corrected chi connectivity index (χ2v) is 8.84. The lowest BCUT2D eigenvalue weighted by Gasteiger charge is -2.42. The third kappa shape index (κ3) is 4.61. The largest absolute Gasteiger partial charge is 0.359 e. The lowest BCUT2D eigenvalue weighted by molar-refractivity contribution is -0.114. The van der Waals surface area contributed by atoms with Crippen LogP contribution in [0.2, 0.25) is 0 Å². The number of nitrogens with zero attached hydrogens (tertiary/aromatic N) is 4. The molecule has 168 valence electrons. The third-order valence-electron chi connectivity index (χ3n) is 6.75. The summed E-state index contributed by atoms with van der Waals surface area (Å²) >= 11 is 0. The predicted molar refractivity (Wildman–Crippen MR) is 124 cm³/mol. The van der Waals surface area contributed by atoms with Crippen molar-refractivity contribution in [2.45, 2.75) is 25.4 Å². The van der Waals surface area contributed by atoms with Crippen molar-refractivity contribution in [3.8, 4) is 0 Å². The average Bonchev–Trinajstić information content (AvgIpc) is 2.84. The molecule has 32 heavy (non-hydrogen) atoms. The Hall–Kier alpha value is -2.97. The molecule has 4 heterocycles. The van der Waals surface area contributed by atoms with E-state index in [2.05, 4.69) is 55.7 Å². The second kappa shape index (κ2) is 9.26. The van der Waals surface area contributed by atoms with Gasteiger partial charge in [-0.25, -0.2) is 4.98 Å². The number of nitrogens with one attached hydrogen (secondary N) is 2. The molecule has 2 aromatic rings. The van der Waals surface area contributed by atoms with Crippen LogP contribution in [0.1, 0.15) is 28.8 Å². The molecule has 0 aliphatic carbocycles. The number of hydrogen-bond donors (Lipinski definition) is 2. The second-order valence-electron chi connectivity index (χ2n) is 8.84. The maximum absolute atomic E-state index is 13.0.